The Morgan fingerprint density at radius 1 is 1.10 bits per heavy atom. The third-order valence-corrected chi connectivity index (χ3v) is 5.14. The summed E-state index contributed by atoms with van der Waals surface area (Å²) < 4.78 is 19.2. The second-order valence-electron chi connectivity index (χ2n) is 6.03. The molecule has 1 amide bonds. The first-order valence-electron chi connectivity index (χ1n) is 8.37. The number of fused-ring (bicyclic) bond motifs is 1. The van der Waals surface area contributed by atoms with Crippen molar-refractivity contribution in [3.63, 3.8) is 0 Å². The molecule has 0 atom stereocenters. The molecule has 2 aromatic carbocycles. The second-order valence-corrected chi connectivity index (χ2v) is 7.03. The molecule has 0 aliphatic carbocycles. The Labute approximate surface area is 165 Å². The number of hydrogen-bond donors (Lipinski definition) is 2. The molecule has 0 unspecified atom stereocenters. The number of benzene rings is 2. The summed E-state index contributed by atoms with van der Waals surface area (Å²) in [6.07, 6.45) is 0. The summed E-state index contributed by atoms with van der Waals surface area (Å²) in [5, 5.41) is 21.8. The van der Waals surface area contributed by atoms with Crippen LogP contribution in [0.1, 0.15) is 4.88 Å². The van der Waals surface area contributed by atoms with Crippen molar-refractivity contribution in [1.29, 1.82) is 0 Å². The highest BCUT2D eigenvalue weighted by molar-refractivity contribution is 7.17. The normalized spacial score (nSPS) is 12.7. The van der Waals surface area contributed by atoms with Gasteiger partial charge in [0.15, 0.2) is 5.13 Å². The molecule has 0 bridgehead atoms. The summed E-state index contributed by atoms with van der Waals surface area (Å²) in [7, 11) is 0. The van der Waals surface area contributed by atoms with Crippen LogP contribution in [0.3, 0.4) is 0 Å². The minimum Gasteiger partial charge on any atom is -0.492 e. The van der Waals surface area contributed by atoms with E-state index < -0.39 is 11.7 Å². The first-order chi connectivity index (χ1) is 14.1. The maximum Gasteiger partial charge on any atom is 0.322 e. The maximum absolute atomic E-state index is 13.6. The number of hydrogen-bond acceptors (Lipinski definition) is 8. The quantitative estimate of drug-likeness (QED) is 0.533. The number of carbonyl (C=O) groups excluding carboxylic acids is 1. The fourth-order valence-electron chi connectivity index (χ4n) is 2.90. The number of thiazole rings is 1. The summed E-state index contributed by atoms with van der Waals surface area (Å²) >= 11 is 0.990. The van der Waals surface area contributed by atoms with Crippen LogP contribution in [0.15, 0.2) is 57.9 Å². The van der Waals surface area contributed by atoms with E-state index in [-0.39, 0.29) is 27.5 Å². The lowest BCUT2D eigenvalue weighted by Crippen LogP contribution is -2.23. The SMILES string of the molecule is O=C1N=c2ccc(F)cc2=C1c1sc(Nc2nnc(-c3ccccc3)o2)nc1O. The number of halogens is 1. The van der Waals surface area contributed by atoms with Crippen LogP contribution >= 0.6 is 11.3 Å². The molecule has 29 heavy (non-hydrogen) atoms. The van der Waals surface area contributed by atoms with Crippen LogP contribution in [0.5, 0.6) is 5.88 Å². The highest BCUT2D eigenvalue weighted by atomic mass is 32.1. The van der Waals surface area contributed by atoms with Crippen LogP contribution < -0.4 is 15.9 Å². The van der Waals surface area contributed by atoms with Gasteiger partial charge in [0.05, 0.1) is 10.9 Å². The lowest BCUT2D eigenvalue weighted by molar-refractivity contribution is -0.112. The first kappa shape index (κ1) is 17.2. The van der Waals surface area contributed by atoms with Gasteiger partial charge < -0.3 is 9.52 Å². The Bertz CT molecular complexity index is 1380. The molecule has 3 heterocycles. The van der Waals surface area contributed by atoms with Gasteiger partial charge in [0.2, 0.25) is 11.8 Å². The highest BCUT2D eigenvalue weighted by Crippen LogP contribution is 2.35. The maximum atomic E-state index is 13.6. The zero-order valence-corrected chi connectivity index (χ0v) is 15.3. The molecule has 4 aromatic rings. The van der Waals surface area contributed by atoms with Gasteiger partial charge in [-0.25, -0.2) is 9.38 Å². The predicted octanol–water partition coefficient (Wildman–Crippen LogP) is 2.14. The van der Waals surface area contributed by atoms with Gasteiger partial charge in [-0.15, -0.1) is 5.10 Å². The van der Waals surface area contributed by atoms with Crippen molar-refractivity contribution >= 4 is 34.0 Å². The molecule has 1 aliphatic rings. The molecule has 0 fully saturated rings. The standard InChI is InChI=1S/C19H10FN5O3S/c20-10-6-7-12-11(8-10)13(15(26)21-12)14-16(27)22-19(29-14)23-18-25-24-17(28-18)9-4-2-1-3-5-9/h1-8,27H,(H,22,23,25). The molecular weight excluding hydrogens is 397 g/mol. The third-order valence-electron chi connectivity index (χ3n) is 4.16. The van der Waals surface area contributed by atoms with Crippen molar-refractivity contribution < 1.29 is 18.7 Å². The molecule has 0 radical (unpaired) electrons. The summed E-state index contributed by atoms with van der Waals surface area (Å²) in [5.41, 5.74) is 0.848. The van der Waals surface area contributed by atoms with Gasteiger partial charge in [0, 0.05) is 10.8 Å². The molecule has 5 rings (SSSR count). The highest BCUT2D eigenvalue weighted by Gasteiger charge is 2.25. The number of aromatic nitrogens is 3. The van der Waals surface area contributed by atoms with Gasteiger partial charge >= 0.3 is 6.01 Å². The predicted molar refractivity (Wildman–Crippen MR) is 101 cm³/mol. The van der Waals surface area contributed by atoms with Crippen LogP contribution in [0.4, 0.5) is 15.5 Å². The molecular formula is C19H10FN5O3S. The number of carbonyl (C=O) groups is 1. The van der Waals surface area contributed by atoms with Crippen LogP contribution in [0, 0.1) is 5.82 Å². The molecule has 0 spiro atoms. The largest absolute Gasteiger partial charge is 0.492 e. The van der Waals surface area contributed by atoms with Gasteiger partial charge in [0.25, 0.3) is 5.91 Å². The van der Waals surface area contributed by atoms with Crippen molar-refractivity contribution in [2.24, 2.45) is 4.99 Å². The topological polar surface area (TPSA) is 114 Å². The Hall–Kier alpha value is -3.92. The number of aromatic hydroxyl groups is 1. The Morgan fingerprint density at radius 2 is 1.93 bits per heavy atom. The van der Waals surface area contributed by atoms with E-state index >= 15 is 0 Å². The molecule has 0 saturated heterocycles. The fraction of sp³-hybridized carbons (Fsp3) is 0. The number of anilines is 2. The van der Waals surface area contributed by atoms with E-state index in [1.165, 1.54) is 18.2 Å². The second kappa shape index (κ2) is 6.60. The molecule has 142 valence electrons. The Balaban J connectivity index is 1.49. The van der Waals surface area contributed by atoms with Crippen molar-refractivity contribution in [2.75, 3.05) is 5.32 Å². The monoisotopic (exact) mass is 407 g/mol. The van der Waals surface area contributed by atoms with Crippen LogP contribution in [-0.2, 0) is 4.79 Å². The first-order valence-corrected chi connectivity index (χ1v) is 9.19. The molecule has 2 N–H and O–H groups in total. The van der Waals surface area contributed by atoms with E-state index in [4.69, 9.17) is 4.42 Å². The van der Waals surface area contributed by atoms with Crippen LogP contribution in [0.25, 0.3) is 17.0 Å². The summed E-state index contributed by atoms with van der Waals surface area (Å²) in [6.45, 7) is 0. The number of nitrogens with one attached hydrogen (secondary N) is 1. The molecule has 1 aliphatic heterocycles. The van der Waals surface area contributed by atoms with Gasteiger partial charge in [-0.1, -0.05) is 34.6 Å². The van der Waals surface area contributed by atoms with E-state index in [1.54, 1.807) is 0 Å². The molecule has 8 nitrogen and oxygen atoms in total. The third kappa shape index (κ3) is 3.05. The molecule has 0 saturated carbocycles. The number of nitrogens with zero attached hydrogens (tertiary/aromatic N) is 4. The summed E-state index contributed by atoms with van der Waals surface area (Å²) in [4.78, 5) is 20.4. The molecule has 2 aromatic heterocycles. The lowest BCUT2D eigenvalue weighted by atomic mass is 10.1. The van der Waals surface area contributed by atoms with E-state index in [0.29, 0.717) is 16.5 Å². The number of amides is 1. The lowest BCUT2D eigenvalue weighted by Gasteiger charge is -1.96. The van der Waals surface area contributed by atoms with Crippen molar-refractivity contribution in [2.45, 2.75) is 0 Å². The average molecular weight is 407 g/mol. The van der Waals surface area contributed by atoms with E-state index in [0.717, 1.165) is 16.9 Å². The zero-order chi connectivity index (χ0) is 20.0. The van der Waals surface area contributed by atoms with Crippen molar-refractivity contribution in [3.05, 3.63) is 69.8 Å². The van der Waals surface area contributed by atoms with Crippen molar-refractivity contribution in [1.82, 2.24) is 15.2 Å². The molecule has 10 heteroatoms. The Morgan fingerprint density at radius 3 is 2.76 bits per heavy atom. The van der Waals surface area contributed by atoms with E-state index in [2.05, 4.69) is 25.5 Å². The minimum absolute atomic E-state index is 0.0723. The number of rotatable bonds is 4. The van der Waals surface area contributed by atoms with E-state index in [9.17, 15) is 14.3 Å². The summed E-state index contributed by atoms with van der Waals surface area (Å²) in [5.74, 6) is -1.14. The Kier molecular flexibility index (Phi) is 3.91. The summed E-state index contributed by atoms with van der Waals surface area (Å²) in [6, 6.07) is 13.1. The van der Waals surface area contributed by atoms with Crippen molar-refractivity contribution in [3.8, 4) is 17.3 Å². The van der Waals surface area contributed by atoms with Gasteiger partial charge in [-0.05, 0) is 30.3 Å². The van der Waals surface area contributed by atoms with Crippen LogP contribution in [0.2, 0.25) is 0 Å². The fourth-order valence-corrected chi connectivity index (χ4v) is 3.80. The smallest absolute Gasteiger partial charge is 0.322 e. The van der Waals surface area contributed by atoms with Gasteiger partial charge in [-0.2, -0.15) is 4.98 Å². The van der Waals surface area contributed by atoms with Gasteiger partial charge in [-0.3, -0.25) is 10.1 Å². The zero-order valence-electron chi connectivity index (χ0n) is 14.5. The van der Waals surface area contributed by atoms with Gasteiger partial charge in [0.1, 0.15) is 10.7 Å². The minimum atomic E-state index is -0.569. The average Bonchev–Trinajstić information content (AvgIpc) is 3.40. The van der Waals surface area contributed by atoms with E-state index in [1.807, 2.05) is 30.3 Å². The van der Waals surface area contributed by atoms with Crippen LogP contribution in [-0.4, -0.2) is 26.2 Å².